The van der Waals surface area contributed by atoms with Crippen LogP contribution in [0.3, 0.4) is 0 Å². The number of amides is 2. The van der Waals surface area contributed by atoms with Gasteiger partial charge in [0.05, 0.1) is 22.9 Å². The molecule has 0 N–H and O–H groups in total. The first kappa shape index (κ1) is 17.7. The largest absolute Gasteiger partial charge is 0.458 e. The lowest BCUT2D eigenvalue weighted by Gasteiger charge is -2.46. The van der Waals surface area contributed by atoms with E-state index in [-0.39, 0.29) is 31.3 Å². The summed E-state index contributed by atoms with van der Waals surface area (Å²) in [7, 11) is 1.51. The summed E-state index contributed by atoms with van der Waals surface area (Å²) >= 11 is 0. The highest BCUT2D eigenvalue weighted by Crippen LogP contribution is 2.44. The summed E-state index contributed by atoms with van der Waals surface area (Å²) in [6.07, 6.45) is 0.289. The lowest BCUT2D eigenvalue weighted by molar-refractivity contribution is -0.157. The van der Waals surface area contributed by atoms with Crippen molar-refractivity contribution >= 4 is 23.5 Å². The monoisotopic (exact) mass is 375 g/mol. The molecule has 1 fully saturated rings. The van der Waals surface area contributed by atoms with Gasteiger partial charge in [-0.2, -0.15) is 5.26 Å². The Morgan fingerprint density at radius 3 is 2.68 bits per heavy atom. The third-order valence-electron chi connectivity index (χ3n) is 5.37. The fraction of sp³-hybridized carbons (Fsp3) is 0.238. The molecule has 2 heterocycles. The minimum Gasteiger partial charge on any atom is -0.458 e. The van der Waals surface area contributed by atoms with Gasteiger partial charge in [-0.3, -0.25) is 14.5 Å². The molecular weight excluding hydrogens is 358 g/mol. The molecule has 0 spiro atoms. The molecule has 7 nitrogen and oxygen atoms in total. The lowest BCUT2D eigenvalue weighted by Crippen LogP contribution is -2.67. The van der Waals surface area contributed by atoms with Crippen molar-refractivity contribution in [1.82, 2.24) is 4.90 Å². The number of carbonyl (C=O) groups excluding carboxylic acids is 3. The molecule has 2 aromatic carbocycles. The Kier molecular flexibility index (Phi) is 4.12. The van der Waals surface area contributed by atoms with Crippen LogP contribution in [-0.4, -0.2) is 35.4 Å². The molecule has 0 radical (unpaired) electrons. The molecule has 28 heavy (non-hydrogen) atoms. The maximum atomic E-state index is 13.2. The molecular formula is C21H17N3O4. The summed E-state index contributed by atoms with van der Waals surface area (Å²) in [6, 6.07) is 15.6. The molecule has 2 aliphatic rings. The van der Waals surface area contributed by atoms with E-state index >= 15 is 0 Å². The number of nitrogens with zero attached hydrogens (tertiary/aromatic N) is 3. The van der Waals surface area contributed by atoms with Crippen LogP contribution in [0.5, 0.6) is 0 Å². The summed E-state index contributed by atoms with van der Waals surface area (Å²) in [5.41, 5.74) is 0.256. The smallest absolute Gasteiger partial charge is 0.354 e. The lowest BCUT2D eigenvalue weighted by atomic mass is 9.97. The average Bonchev–Trinajstić information content (AvgIpc) is 3.09. The Balaban J connectivity index is 1.71. The zero-order valence-corrected chi connectivity index (χ0v) is 15.2. The third-order valence-corrected chi connectivity index (χ3v) is 5.37. The quantitative estimate of drug-likeness (QED) is 0.767. The van der Waals surface area contributed by atoms with Gasteiger partial charge in [0.1, 0.15) is 6.61 Å². The van der Waals surface area contributed by atoms with Gasteiger partial charge in [-0.05, 0) is 18.2 Å². The molecule has 2 aromatic rings. The third kappa shape index (κ3) is 2.38. The minimum absolute atomic E-state index is 0.115. The van der Waals surface area contributed by atoms with Crippen molar-refractivity contribution < 1.29 is 19.1 Å². The van der Waals surface area contributed by atoms with E-state index in [1.807, 2.05) is 0 Å². The molecule has 0 aromatic heterocycles. The zero-order valence-electron chi connectivity index (χ0n) is 15.2. The van der Waals surface area contributed by atoms with E-state index in [0.717, 1.165) is 0 Å². The Morgan fingerprint density at radius 2 is 1.89 bits per heavy atom. The molecule has 1 atom stereocenters. The first-order chi connectivity index (χ1) is 13.5. The molecule has 2 amide bonds. The maximum Gasteiger partial charge on any atom is 0.354 e. The highest BCUT2D eigenvalue weighted by Gasteiger charge is 2.60. The zero-order chi connectivity index (χ0) is 19.9. The second-order valence-electron chi connectivity index (χ2n) is 6.77. The first-order valence-corrected chi connectivity index (χ1v) is 8.86. The van der Waals surface area contributed by atoms with Crippen LogP contribution in [0.2, 0.25) is 0 Å². The standard InChI is InChI=1S/C21H17N3O4/c1-23-19(26)16-8-4-5-9-17(16)24-18(25)10-11-21(23,24)20(27)28-13-15-7-3-2-6-14(15)12-22/h2-9H,10-11,13H2,1H3. The Labute approximate surface area is 161 Å². The number of carbonyl (C=O) groups is 3. The van der Waals surface area contributed by atoms with Gasteiger partial charge in [0.2, 0.25) is 11.6 Å². The first-order valence-electron chi connectivity index (χ1n) is 8.86. The van der Waals surface area contributed by atoms with Crippen LogP contribution in [0.15, 0.2) is 48.5 Å². The van der Waals surface area contributed by atoms with Crippen LogP contribution in [0.25, 0.3) is 0 Å². The van der Waals surface area contributed by atoms with E-state index in [0.29, 0.717) is 22.4 Å². The number of likely N-dealkylation sites (N-methyl/N-ethyl adjacent to an activating group) is 1. The predicted octanol–water partition coefficient (Wildman–Crippen LogP) is 2.21. The van der Waals surface area contributed by atoms with Gasteiger partial charge in [-0.25, -0.2) is 4.79 Å². The molecule has 0 saturated carbocycles. The van der Waals surface area contributed by atoms with Crippen molar-refractivity contribution in [2.45, 2.75) is 25.1 Å². The van der Waals surface area contributed by atoms with Crippen molar-refractivity contribution in [3.63, 3.8) is 0 Å². The van der Waals surface area contributed by atoms with Crippen molar-refractivity contribution in [1.29, 1.82) is 5.26 Å². The highest BCUT2D eigenvalue weighted by atomic mass is 16.5. The highest BCUT2D eigenvalue weighted by molar-refractivity contribution is 6.15. The van der Waals surface area contributed by atoms with E-state index in [1.165, 1.54) is 16.8 Å². The van der Waals surface area contributed by atoms with Crippen LogP contribution in [0, 0.1) is 11.3 Å². The second-order valence-corrected chi connectivity index (χ2v) is 6.77. The number of benzene rings is 2. The van der Waals surface area contributed by atoms with E-state index < -0.39 is 11.6 Å². The van der Waals surface area contributed by atoms with Gasteiger partial charge in [-0.15, -0.1) is 0 Å². The average molecular weight is 375 g/mol. The van der Waals surface area contributed by atoms with E-state index in [9.17, 15) is 19.6 Å². The number of hydrogen-bond donors (Lipinski definition) is 0. The van der Waals surface area contributed by atoms with E-state index in [4.69, 9.17) is 4.74 Å². The molecule has 0 bridgehead atoms. The van der Waals surface area contributed by atoms with Crippen LogP contribution in [-0.2, 0) is 20.9 Å². The molecule has 7 heteroatoms. The van der Waals surface area contributed by atoms with Gasteiger partial charge in [-0.1, -0.05) is 30.3 Å². The van der Waals surface area contributed by atoms with Crippen molar-refractivity contribution in [3.05, 3.63) is 65.2 Å². The van der Waals surface area contributed by atoms with Crippen LogP contribution >= 0.6 is 0 Å². The Bertz CT molecular complexity index is 1040. The van der Waals surface area contributed by atoms with Gasteiger partial charge in [0.15, 0.2) is 0 Å². The molecule has 2 aliphatic heterocycles. The molecule has 1 unspecified atom stereocenters. The molecule has 4 rings (SSSR count). The number of anilines is 1. The number of fused-ring (bicyclic) bond motifs is 3. The summed E-state index contributed by atoms with van der Waals surface area (Å²) in [5, 5.41) is 9.21. The fourth-order valence-electron chi connectivity index (χ4n) is 3.90. The summed E-state index contributed by atoms with van der Waals surface area (Å²) in [4.78, 5) is 41.4. The van der Waals surface area contributed by atoms with Crippen LogP contribution in [0.4, 0.5) is 5.69 Å². The van der Waals surface area contributed by atoms with E-state index in [1.54, 1.807) is 48.5 Å². The van der Waals surface area contributed by atoms with Crippen molar-refractivity contribution in [3.8, 4) is 6.07 Å². The van der Waals surface area contributed by atoms with Crippen molar-refractivity contribution in [2.75, 3.05) is 11.9 Å². The summed E-state index contributed by atoms with van der Waals surface area (Å²) in [6.45, 7) is -0.115. The Hall–Kier alpha value is -3.66. The van der Waals surface area contributed by atoms with Crippen LogP contribution in [0.1, 0.15) is 34.3 Å². The van der Waals surface area contributed by atoms with Crippen molar-refractivity contribution in [2.24, 2.45) is 0 Å². The number of nitriles is 1. The van der Waals surface area contributed by atoms with Crippen LogP contribution < -0.4 is 4.90 Å². The summed E-state index contributed by atoms with van der Waals surface area (Å²) in [5.74, 6) is -1.26. The Morgan fingerprint density at radius 1 is 1.18 bits per heavy atom. The van der Waals surface area contributed by atoms with Gasteiger partial charge in [0.25, 0.3) is 5.91 Å². The molecule has 140 valence electrons. The number of rotatable bonds is 3. The number of para-hydroxylation sites is 1. The van der Waals surface area contributed by atoms with Gasteiger partial charge >= 0.3 is 5.97 Å². The van der Waals surface area contributed by atoms with E-state index in [2.05, 4.69) is 6.07 Å². The van der Waals surface area contributed by atoms with Gasteiger partial charge < -0.3 is 9.64 Å². The number of ether oxygens (including phenoxy) is 1. The molecule has 1 saturated heterocycles. The second kappa shape index (κ2) is 6.50. The minimum atomic E-state index is -1.51. The van der Waals surface area contributed by atoms with Gasteiger partial charge in [0, 0.05) is 25.5 Å². The fourth-order valence-corrected chi connectivity index (χ4v) is 3.90. The summed E-state index contributed by atoms with van der Waals surface area (Å²) < 4.78 is 5.52. The maximum absolute atomic E-state index is 13.2. The number of hydrogen-bond acceptors (Lipinski definition) is 5. The topological polar surface area (TPSA) is 90.7 Å². The normalized spacial score (nSPS) is 20.4. The SMILES string of the molecule is CN1C(=O)c2ccccc2N2C(=O)CCC12C(=O)OCc1ccccc1C#N. The predicted molar refractivity (Wildman–Crippen MR) is 98.9 cm³/mol. The number of esters is 1. The molecule has 0 aliphatic carbocycles.